The molecule has 0 atom stereocenters. The van der Waals surface area contributed by atoms with Gasteiger partial charge in [-0.3, -0.25) is 4.79 Å². The highest BCUT2D eigenvalue weighted by Gasteiger charge is 2.13. The van der Waals surface area contributed by atoms with Gasteiger partial charge in [0.2, 0.25) is 5.89 Å². The van der Waals surface area contributed by atoms with Crippen LogP contribution in [0.15, 0.2) is 59.0 Å². The molecule has 0 saturated carbocycles. The first-order chi connectivity index (χ1) is 11.1. The van der Waals surface area contributed by atoms with Crippen molar-refractivity contribution in [2.24, 2.45) is 5.73 Å². The summed E-state index contributed by atoms with van der Waals surface area (Å²) in [6.45, 7) is 2.03. The van der Waals surface area contributed by atoms with Gasteiger partial charge in [0.1, 0.15) is 23.8 Å². The third kappa shape index (κ3) is 3.23. The lowest BCUT2D eigenvalue weighted by Crippen LogP contribution is -2.13. The Hall–Kier alpha value is -3.08. The third-order valence-corrected chi connectivity index (χ3v) is 3.43. The molecule has 2 aromatic carbocycles. The molecule has 5 heteroatoms. The van der Waals surface area contributed by atoms with Crippen LogP contribution in [-0.2, 0) is 6.61 Å². The first-order valence-corrected chi connectivity index (χ1v) is 7.18. The molecule has 1 aromatic heterocycles. The minimum atomic E-state index is -0.526. The molecule has 116 valence electrons. The lowest BCUT2D eigenvalue weighted by atomic mass is 10.2. The highest BCUT2D eigenvalue weighted by molar-refractivity contribution is 5.95. The maximum Gasteiger partial charge on any atom is 0.252 e. The number of hydrogen-bond acceptors (Lipinski definition) is 4. The summed E-state index contributed by atoms with van der Waals surface area (Å²) >= 11 is 0. The van der Waals surface area contributed by atoms with Crippen molar-refractivity contribution >= 4 is 5.91 Å². The fourth-order valence-corrected chi connectivity index (χ4v) is 2.21. The molecule has 0 aliphatic rings. The number of rotatable bonds is 5. The zero-order valence-corrected chi connectivity index (χ0v) is 12.7. The molecular formula is C18H16N2O3. The number of para-hydroxylation sites is 1. The van der Waals surface area contributed by atoms with Crippen LogP contribution in [0.5, 0.6) is 5.75 Å². The Labute approximate surface area is 133 Å². The van der Waals surface area contributed by atoms with Gasteiger partial charge in [0.25, 0.3) is 5.91 Å². The first kappa shape index (κ1) is 14.8. The number of oxazole rings is 1. The average Bonchev–Trinajstić information content (AvgIpc) is 2.95. The predicted molar refractivity (Wildman–Crippen MR) is 86.0 cm³/mol. The molecule has 3 rings (SSSR count). The monoisotopic (exact) mass is 308 g/mol. The van der Waals surface area contributed by atoms with Crippen molar-refractivity contribution in [3.63, 3.8) is 0 Å². The van der Waals surface area contributed by atoms with E-state index in [2.05, 4.69) is 4.98 Å². The molecule has 0 saturated heterocycles. The predicted octanol–water partition coefficient (Wildman–Crippen LogP) is 3.33. The Kier molecular flexibility index (Phi) is 4.10. The zero-order valence-electron chi connectivity index (χ0n) is 12.7. The molecule has 1 amide bonds. The van der Waals surface area contributed by atoms with Crippen LogP contribution in [0.1, 0.15) is 21.8 Å². The van der Waals surface area contributed by atoms with Crippen LogP contribution >= 0.6 is 0 Å². The van der Waals surface area contributed by atoms with Gasteiger partial charge < -0.3 is 14.9 Å². The lowest BCUT2D eigenvalue weighted by molar-refractivity contribution is 0.0996. The maximum atomic E-state index is 11.4. The smallest absolute Gasteiger partial charge is 0.252 e. The standard InChI is InChI=1S/C18H16N2O3/c1-12-15(20-18(23-12)13-7-3-2-4-8-13)11-22-16-10-6-5-9-14(16)17(19)21/h2-10H,11H2,1H3,(H2,19,21). The largest absolute Gasteiger partial charge is 0.486 e. The van der Waals surface area contributed by atoms with Crippen LogP contribution in [0.4, 0.5) is 0 Å². The van der Waals surface area contributed by atoms with E-state index in [1.807, 2.05) is 37.3 Å². The molecule has 0 radical (unpaired) electrons. The zero-order chi connectivity index (χ0) is 16.2. The minimum Gasteiger partial charge on any atom is -0.486 e. The second kappa shape index (κ2) is 6.36. The van der Waals surface area contributed by atoms with E-state index in [9.17, 15) is 4.79 Å². The second-order valence-electron chi connectivity index (χ2n) is 5.04. The van der Waals surface area contributed by atoms with Crippen molar-refractivity contribution in [1.29, 1.82) is 0 Å². The normalized spacial score (nSPS) is 10.5. The van der Waals surface area contributed by atoms with Crippen LogP contribution < -0.4 is 10.5 Å². The van der Waals surface area contributed by atoms with Crippen molar-refractivity contribution in [3.05, 3.63) is 71.6 Å². The van der Waals surface area contributed by atoms with E-state index in [1.165, 1.54) is 0 Å². The Morgan fingerprint density at radius 3 is 2.57 bits per heavy atom. The number of aromatic nitrogens is 1. The van der Waals surface area contributed by atoms with Crippen molar-refractivity contribution in [2.45, 2.75) is 13.5 Å². The maximum absolute atomic E-state index is 11.4. The third-order valence-electron chi connectivity index (χ3n) is 3.43. The lowest BCUT2D eigenvalue weighted by Gasteiger charge is -2.07. The molecule has 3 aromatic rings. The highest BCUT2D eigenvalue weighted by Crippen LogP contribution is 2.23. The minimum absolute atomic E-state index is 0.201. The van der Waals surface area contributed by atoms with Gasteiger partial charge in [-0.2, -0.15) is 0 Å². The van der Waals surface area contributed by atoms with E-state index >= 15 is 0 Å². The van der Waals surface area contributed by atoms with Crippen LogP contribution in [0, 0.1) is 6.92 Å². The number of benzene rings is 2. The number of aryl methyl sites for hydroxylation is 1. The van der Waals surface area contributed by atoms with E-state index in [-0.39, 0.29) is 6.61 Å². The number of amides is 1. The van der Waals surface area contributed by atoms with Crippen molar-refractivity contribution in [2.75, 3.05) is 0 Å². The number of ether oxygens (including phenoxy) is 1. The first-order valence-electron chi connectivity index (χ1n) is 7.18. The van der Waals surface area contributed by atoms with Gasteiger partial charge in [-0.15, -0.1) is 0 Å². The molecule has 0 spiro atoms. The van der Waals surface area contributed by atoms with Crippen LogP contribution in [-0.4, -0.2) is 10.9 Å². The van der Waals surface area contributed by atoms with E-state index in [0.717, 1.165) is 5.56 Å². The quantitative estimate of drug-likeness (QED) is 0.784. The molecule has 0 aliphatic carbocycles. The number of nitrogens with zero attached hydrogens (tertiary/aromatic N) is 1. The van der Waals surface area contributed by atoms with Crippen molar-refractivity contribution in [1.82, 2.24) is 4.98 Å². The van der Waals surface area contributed by atoms with Gasteiger partial charge in [-0.05, 0) is 31.2 Å². The molecular weight excluding hydrogens is 292 g/mol. The molecule has 5 nitrogen and oxygen atoms in total. The van der Waals surface area contributed by atoms with Crippen molar-refractivity contribution in [3.8, 4) is 17.2 Å². The van der Waals surface area contributed by atoms with Gasteiger partial charge in [-0.25, -0.2) is 4.98 Å². The summed E-state index contributed by atoms with van der Waals surface area (Å²) < 4.78 is 11.4. The van der Waals surface area contributed by atoms with Gasteiger partial charge >= 0.3 is 0 Å². The molecule has 23 heavy (non-hydrogen) atoms. The van der Waals surface area contributed by atoms with E-state index in [1.54, 1.807) is 24.3 Å². The van der Waals surface area contributed by atoms with Gasteiger partial charge in [0, 0.05) is 5.56 Å². The summed E-state index contributed by atoms with van der Waals surface area (Å²) in [5.41, 5.74) is 7.27. The van der Waals surface area contributed by atoms with E-state index in [0.29, 0.717) is 28.7 Å². The number of carbonyl (C=O) groups excluding carboxylic acids is 1. The topological polar surface area (TPSA) is 78.3 Å². The number of carbonyl (C=O) groups is 1. The van der Waals surface area contributed by atoms with Crippen LogP contribution in [0.2, 0.25) is 0 Å². The summed E-state index contributed by atoms with van der Waals surface area (Å²) in [6, 6.07) is 16.5. The summed E-state index contributed by atoms with van der Waals surface area (Å²) in [5, 5.41) is 0. The fourth-order valence-electron chi connectivity index (χ4n) is 2.21. The van der Waals surface area contributed by atoms with Crippen LogP contribution in [0.3, 0.4) is 0 Å². The molecule has 0 fully saturated rings. The summed E-state index contributed by atoms with van der Waals surface area (Å²) in [6.07, 6.45) is 0. The molecule has 0 unspecified atom stereocenters. The fraction of sp³-hybridized carbons (Fsp3) is 0.111. The van der Waals surface area contributed by atoms with Crippen LogP contribution in [0.25, 0.3) is 11.5 Å². The van der Waals surface area contributed by atoms with E-state index < -0.39 is 5.91 Å². The second-order valence-corrected chi connectivity index (χ2v) is 5.04. The average molecular weight is 308 g/mol. The molecule has 0 aliphatic heterocycles. The molecule has 2 N–H and O–H groups in total. The Morgan fingerprint density at radius 2 is 1.83 bits per heavy atom. The highest BCUT2D eigenvalue weighted by atomic mass is 16.5. The van der Waals surface area contributed by atoms with Gasteiger partial charge in [0.05, 0.1) is 5.56 Å². The summed E-state index contributed by atoms with van der Waals surface area (Å²) in [4.78, 5) is 15.9. The number of hydrogen-bond donors (Lipinski definition) is 1. The van der Waals surface area contributed by atoms with E-state index in [4.69, 9.17) is 14.9 Å². The molecule has 1 heterocycles. The summed E-state index contributed by atoms with van der Waals surface area (Å²) in [5.74, 6) is 1.14. The Morgan fingerprint density at radius 1 is 1.13 bits per heavy atom. The van der Waals surface area contributed by atoms with Gasteiger partial charge in [0.15, 0.2) is 0 Å². The summed E-state index contributed by atoms with van der Waals surface area (Å²) in [7, 11) is 0. The van der Waals surface area contributed by atoms with Crippen molar-refractivity contribution < 1.29 is 13.9 Å². The number of nitrogens with two attached hydrogens (primary N) is 1. The SMILES string of the molecule is Cc1oc(-c2ccccc2)nc1COc1ccccc1C(N)=O. The van der Waals surface area contributed by atoms with Gasteiger partial charge in [-0.1, -0.05) is 30.3 Å². The Balaban J connectivity index is 1.80. The Bertz CT molecular complexity index is 825. The number of primary amides is 1. The molecule has 0 bridgehead atoms.